The Morgan fingerprint density at radius 2 is 0.977 bits per heavy atom. The van der Waals surface area contributed by atoms with E-state index in [1.807, 2.05) is 71.1 Å². The number of benzene rings is 3. The van der Waals surface area contributed by atoms with Crippen molar-refractivity contribution in [3.8, 4) is 35.5 Å². The van der Waals surface area contributed by atoms with Crippen LogP contribution in [0, 0.1) is 135 Å². The molecule has 129 heavy (non-hydrogen) atoms. The van der Waals surface area contributed by atoms with Gasteiger partial charge in [-0.2, -0.15) is 18.1 Å². The predicted octanol–water partition coefficient (Wildman–Crippen LogP) is 36.6. The Balaban J connectivity index is -0.000000367. The maximum atomic E-state index is 6.21. The van der Waals surface area contributed by atoms with E-state index in [0.29, 0.717) is 62.0 Å². The van der Waals surface area contributed by atoms with Crippen LogP contribution in [-0.2, 0) is 44.5 Å². The number of aryl methyl sites for hydroxylation is 1. The number of allylic oxidation sites excluding steroid dienone is 24. The van der Waals surface area contributed by atoms with Gasteiger partial charge >= 0.3 is 0 Å². The minimum absolute atomic E-state index is 0. The van der Waals surface area contributed by atoms with Crippen LogP contribution < -0.4 is 0 Å². The predicted molar refractivity (Wildman–Crippen MR) is 617 cm³/mol. The van der Waals surface area contributed by atoms with Gasteiger partial charge in [-0.15, -0.1) is 41.4 Å². The van der Waals surface area contributed by atoms with Crippen molar-refractivity contribution < 1.29 is 93.9 Å². The molecule has 0 aromatic heterocycles. The smallest absolute Gasteiger partial charge is 0.0991 e. The molecular weight excluding hydrogens is 2290 g/mol. The Bertz CT molecular complexity index is 3740. The zero-order valence-electron chi connectivity index (χ0n) is 81.9. The van der Waals surface area contributed by atoms with E-state index in [1.165, 1.54) is 59.1 Å². The molecular formula is C106H172O7P14U2-2. The molecule has 0 spiro atoms. The Morgan fingerprint density at radius 1 is 0.457 bits per heavy atom. The summed E-state index contributed by atoms with van der Waals surface area (Å²) in [5, 5.41) is 0. The summed E-state index contributed by atoms with van der Waals surface area (Å²) in [6.07, 6.45) is 89.2. The minimum atomic E-state index is -0.637. The molecule has 0 aliphatic carbocycles. The average molecular weight is 2470 g/mol. The normalized spacial score (nSPS) is 14.2. The summed E-state index contributed by atoms with van der Waals surface area (Å²) >= 11 is 0. The first kappa shape index (κ1) is 140. The van der Waals surface area contributed by atoms with Crippen LogP contribution in [-0.4, -0.2) is 30.5 Å². The Labute approximate surface area is 869 Å². The van der Waals surface area contributed by atoms with E-state index in [1.54, 1.807) is 0 Å². The second-order valence-corrected chi connectivity index (χ2v) is 44.7. The van der Waals surface area contributed by atoms with Crippen LogP contribution in [0.3, 0.4) is 0 Å². The zero-order valence-corrected chi connectivity index (χ0v) is 105. The molecule has 718 valence electrons. The number of hydrogen-bond donors (Lipinski definition) is 0. The number of hydrogen-bond acceptors (Lipinski definition) is 7. The topological polar surface area (TPSA) is 64.6 Å². The van der Waals surface area contributed by atoms with Crippen molar-refractivity contribution in [3.63, 3.8) is 0 Å². The van der Waals surface area contributed by atoms with E-state index >= 15 is 0 Å². The molecule has 0 bridgehead atoms. The molecule has 0 aliphatic rings. The van der Waals surface area contributed by atoms with Crippen LogP contribution in [0.15, 0.2) is 249 Å². The fraction of sp³-hybridized carbons (Fsp3) is 0.472. The molecule has 22 atom stereocenters. The van der Waals surface area contributed by atoms with Gasteiger partial charge in [-0.1, -0.05) is 443 Å². The van der Waals surface area contributed by atoms with Gasteiger partial charge < -0.3 is 31.7 Å². The van der Waals surface area contributed by atoms with Gasteiger partial charge in [0.25, 0.3) is 0 Å². The van der Waals surface area contributed by atoms with E-state index in [0.717, 1.165) is 103 Å². The zero-order chi connectivity index (χ0) is 95.2. The summed E-state index contributed by atoms with van der Waals surface area (Å²) in [7, 11) is 23.6. The fourth-order valence-corrected chi connectivity index (χ4v) is 17.5. The summed E-state index contributed by atoms with van der Waals surface area (Å²) in [6.45, 7) is 39.9. The molecule has 22 unspecified atom stereocenters. The molecule has 0 saturated carbocycles. The van der Waals surface area contributed by atoms with Crippen molar-refractivity contribution in [2.75, 3.05) is 0 Å². The van der Waals surface area contributed by atoms with Crippen molar-refractivity contribution in [2.24, 2.45) is 23.7 Å². The molecule has 0 heterocycles. The second-order valence-electron chi connectivity index (χ2n) is 29.1. The third-order valence-electron chi connectivity index (χ3n) is 18.1. The third-order valence-corrected chi connectivity index (χ3v) is 23.8. The molecule has 23 heteroatoms. The van der Waals surface area contributed by atoms with Gasteiger partial charge in [0.15, 0.2) is 0 Å². The summed E-state index contributed by atoms with van der Waals surface area (Å²) in [6, 6.07) is 25.6. The molecule has 0 fully saturated rings. The van der Waals surface area contributed by atoms with Crippen molar-refractivity contribution >= 4 is 128 Å². The van der Waals surface area contributed by atoms with Gasteiger partial charge in [-0.25, -0.2) is 19.1 Å². The Morgan fingerprint density at radius 3 is 1.50 bits per heavy atom. The second kappa shape index (κ2) is 108. The molecule has 7 nitrogen and oxygen atoms in total. The molecule has 0 radical (unpaired) electrons. The van der Waals surface area contributed by atoms with E-state index in [2.05, 4.69) is 432 Å². The first-order valence-corrected chi connectivity index (χ1v) is 64.1. The van der Waals surface area contributed by atoms with Gasteiger partial charge in [-0.05, 0) is 135 Å². The molecule has 3 rings (SSSR count). The standard InChI is InChI=1S/2C23H37O2P5.C22H34OP.C20H33O2P3.C14H19.2C2H6.2U/c1-4-6-8-10-13-19(3)22(24-29-26)18-17-20-14-11-12-15-21(20)23(25-30(27)28)16-9-7-5-2;1-4-6-8-14-17-21(3)23(24-29-26)20-16-12-10-9-11-15-19-22(25-30(27)28)18-13-7-5-2;1-4-6-18-21(3)19-15-13-11-9-7-8-10-12-14-16-20-22(23-24)17-5-2;1-3-5-14-18(21-23)15-9-7-6-8-12-17-13-10-11-16-19(17)20(4-2)22-25-24;1-4-13-9-5-6-10-14(13)11-7-8-12(2)3;2*1-2;;/h8,10-12,14-15,17-19,22-23,29H,4-6,13,16,26-28H2,1-3H3;8,10,12,14-16,19-23,29H,4-6,17-18,26-28H2,1-3H3;4,6-8,11-16,19-22H,1,5,9-10,17-18,24H2,2-3H3;6-7,9-11,13,15-16,18,20,25H,3-5,8,12,14,23-24H2,1-2H3;4-10,12H,11H2,1-3H3;2*1-2H3;;/q;;-1;;-1;;;;/b10-8-,18-17+;12-10+,14-8-,19-15+,20-16+;6-4-,8-7-,13-11-,14-12-,19-15+,20-16+;7-6-,15-9+;8-7+;;;;. The number of rotatable bonds is 56. The SMILES string of the molecule is CC.CC.CCC#CCC(/C=C/C#C/C=C/C=C/C(OPP)C(C)C/C=C\CCC)OP(P)P.CCC#CCC(OP(P)P)c1ccccc1/C=C/C(OPP)C(C)C/C=C\CCC.CCCCC(/C=C/C=C\CCc1ccccc1C(CC)OPP)OP.C[CH-]c1ccccc1C/C=C/C(C)C.[CH2-]/C=C\CC(C)/C=C/C=C\C/C=C\C/C=C\C=C\C(CCC)OP.[U].[U]. The first-order chi connectivity index (χ1) is 61.8. The fourth-order valence-electron chi connectivity index (χ4n) is 11.4. The molecule has 3 aromatic carbocycles. The van der Waals surface area contributed by atoms with Gasteiger partial charge in [-0.3, -0.25) is 0 Å². The van der Waals surface area contributed by atoms with Gasteiger partial charge in [0, 0.05) is 132 Å². The van der Waals surface area contributed by atoms with E-state index in [4.69, 9.17) is 31.7 Å². The van der Waals surface area contributed by atoms with Crippen LogP contribution in [0.25, 0.3) is 6.08 Å². The molecule has 0 amide bonds. The maximum absolute atomic E-state index is 6.21. The van der Waals surface area contributed by atoms with Crippen molar-refractivity contribution in [1.82, 2.24) is 0 Å². The van der Waals surface area contributed by atoms with Crippen LogP contribution >= 0.6 is 122 Å². The minimum Gasteiger partial charge on any atom is -0.358 e. The largest absolute Gasteiger partial charge is 0.358 e. The van der Waals surface area contributed by atoms with E-state index in [-0.39, 0.29) is 105 Å². The molecule has 0 saturated heterocycles. The first-order valence-electron chi connectivity index (χ1n) is 46.0. The molecule has 0 N–H and O–H groups in total. The quantitative estimate of drug-likeness (QED) is 0.0183. The van der Waals surface area contributed by atoms with Crippen LogP contribution in [0.4, 0.5) is 0 Å². The summed E-state index contributed by atoms with van der Waals surface area (Å²) in [5.74, 6) is 20.8. The average Bonchev–Trinajstić information content (AvgIpc) is 0.833. The summed E-state index contributed by atoms with van der Waals surface area (Å²) in [5.41, 5.74) is 7.83. The van der Waals surface area contributed by atoms with Crippen molar-refractivity contribution in [2.45, 2.75) is 302 Å². The van der Waals surface area contributed by atoms with Crippen LogP contribution in [0.1, 0.15) is 292 Å². The third kappa shape index (κ3) is 86.8. The van der Waals surface area contributed by atoms with Crippen molar-refractivity contribution in [3.05, 3.63) is 296 Å². The molecule has 3 aromatic rings. The Hall–Kier alpha value is 0.0239. The van der Waals surface area contributed by atoms with Gasteiger partial charge in [0.05, 0.1) is 57.8 Å². The van der Waals surface area contributed by atoms with Gasteiger partial charge in [0.2, 0.25) is 0 Å². The van der Waals surface area contributed by atoms with Crippen LogP contribution in [0.5, 0.6) is 0 Å². The van der Waals surface area contributed by atoms with E-state index < -0.39 is 15.1 Å². The van der Waals surface area contributed by atoms with Crippen molar-refractivity contribution in [1.29, 1.82) is 0 Å². The Kier molecular flexibility index (Phi) is 117. The maximum Gasteiger partial charge on any atom is 0.0991 e. The number of unbranched alkanes of at least 4 members (excludes halogenated alkanes) is 3. The monoisotopic (exact) mass is 2470 g/mol. The summed E-state index contributed by atoms with van der Waals surface area (Å²) in [4.78, 5) is 0. The summed E-state index contributed by atoms with van der Waals surface area (Å²) < 4.78 is 40.5. The van der Waals surface area contributed by atoms with Gasteiger partial charge in [0.1, 0.15) is 0 Å². The molecule has 0 aliphatic heterocycles. The van der Waals surface area contributed by atoms with Crippen LogP contribution in [0.2, 0.25) is 0 Å². The van der Waals surface area contributed by atoms with E-state index in [9.17, 15) is 0 Å².